The first-order valence-electron chi connectivity index (χ1n) is 8.85. The zero-order chi connectivity index (χ0) is 19.6. The Morgan fingerprint density at radius 2 is 1.85 bits per heavy atom. The molecule has 3 rings (SSSR count). The molecule has 0 aliphatic heterocycles. The van der Waals surface area contributed by atoms with Crippen molar-refractivity contribution in [2.75, 3.05) is 0 Å². The quantitative estimate of drug-likeness (QED) is 0.430. The van der Waals surface area contributed by atoms with E-state index in [1.807, 2.05) is 25.1 Å². The second-order valence-electron chi connectivity index (χ2n) is 7.68. The lowest BCUT2D eigenvalue weighted by Crippen LogP contribution is -2.37. The minimum atomic E-state index is -1.35. The van der Waals surface area contributed by atoms with Gasteiger partial charge in [0.2, 0.25) is 0 Å². The van der Waals surface area contributed by atoms with Gasteiger partial charge in [0.05, 0.1) is 14.6 Å². The van der Waals surface area contributed by atoms with Crippen LogP contribution in [-0.4, -0.2) is 22.8 Å². The zero-order valence-electron chi connectivity index (χ0n) is 16.0. The van der Waals surface area contributed by atoms with Crippen molar-refractivity contribution in [1.29, 1.82) is 0 Å². The van der Waals surface area contributed by atoms with Gasteiger partial charge < -0.3 is 0 Å². The van der Waals surface area contributed by atoms with E-state index in [9.17, 15) is 4.39 Å². The summed E-state index contributed by atoms with van der Waals surface area (Å²) in [7, 11) is -1.35. The maximum absolute atomic E-state index is 14.7. The number of halogens is 2. The molecule has 0 atom stereocenters. The molecule has 3 nitrogen and oxygen atoms in total. The van der Waals surface area contributed by atoms with E-state index in [1.54, 1.807) is 23.0 Å². The average Bonchev–Trinajstić information content (AvgIpc) is 2.97. The fourth-order valence-electron chi connectivity index (χ4n) is 2.76. The third-order valence-electron chi connectivity index (χ3n) is 4.42. The third-order valence-corrected chi connectivity index (χ3v) is 6.71. The maximum Gasteiger partial charge on any atom is 0.151 e. The highest BCUT2D eigenvalue weighted by molar-refractivity contribution is 6.88. The van der Waals surface area contributed by atoms with Gasteiger partial charge in [0.15, 0.2) is 5.83 Å². The van der Waals surface area contributed by atoms with Crippen molar-refractivity contribution < 1.29 is 4.39 Å². The molecule has 0 amide bonds. The number of rotatable bonds is 5. The molecule has 0 aliphatic rings. The summed E-state index contributed by atoms with van der Waals surface area (Å²) in [6.45, 7) is 9.32. The van der Waals surface area contributed by atoms with Crippen molar-refractivity contribution in [3.05, 3.63) is 76.3 Å². The van der Waals surface area contributed by atoms with Crippen molar-refractivity contribution in [3.8, 4) is 0 Å². The highest BCUT2D eigenvalue weighted by atomic mass is 35.5. The van der Waals surface area contributed by atoms with Crippen LogP contribution in [-0.2, 0) is 6.54 Å². The lowest BCUT2D eigenvalue weighted by Gasteiger charge is -2.16. The number of nitrogens with zero attached hydrogens (tertiary/aromatic N) is 3. The Morgan fingerprint density at radius 3 is 2.44 bits per heavy atom. The smallest absolute Gasteiger partial charge is 0.151 e. The van der Waals surface area contributed by atoms with E-state index in [-0.39, 0.29) is 5.83 Å². The molecule has 0 unspecified atom stereocenters. The van der Waals surface area contributed by atoms with Gasteiger partial charge in [0.25, 0.3) is 0 Å². The summed E-state index contributed by atoms with van der Waals surface area (Å²) < 4.78 is 16.5. The Balaban J connectivity index is 1.79. The molecule has 2 aromatic heterocycles. The number of hydrogen-bond donors (Lipinski definition) is 0. The molecular weight excluding hydrogens is 377 g/mol. The predicted molar refractivity (Wildman–Crippen MR) is 114 cm³/mol. The van der Waals surface area contributed by atoms with Crippen LogP contribution in [0.4, 0.5) is 4.39 Å². The van der Waals surface area contributed by atoms with Crippen molar-refractivity contribution in [2.45, 2.75) is 33.1 Å². The number of pyridine rings is 1. The lowest BCUT2D eigenvalue weighted by molar-refractivity contribution is 0.652. The SMILES string of the molecule is Cc1cc(C(F)=Cc2ccc([Si](C)(C)C)cc2)nn1Cc1ccc(Cl)nc1. The fourth-order valence-corrected chi connectivity index (χ4v) is 4.04. The fraction of sp³-hybridized carbons (Fsp3) is 0.238. The van der Waals surface area contributed by atoms with Gasteiger partial charge in [0.1, 0.15) is 10.8 Å². The van der Waals surface area contributed by atoms with Crippen LogP contribution in [0.25, 0.3) is 11.9 Å². The van der Waals surface area contributed by atoms with Crippen LogP contribution < -0.4 is 5.19 Å². The molecule has 3 aromatic rings. The molecule has 0 spiro atoms. The van der Waals surface area contributed by atoms with Gasteiger partial charge in [-0.25, -0.2) is 9.37 Å². The Labute approximate surface area is 165 Å². The van der Waals surface area contributed by atoms with Crippen LogP contribution in [0.15, 0.2) is 48.7 Å². The third kappa shape index (κ3) is 4.93. The summed E-state index contributed by atoms with van der Waals surface area (Å²) in [6, 6.07) is 13.5. The monoisotopic (exact) mass is 399 g/mol. The van der Waals surface area contributed by atoms with Crippen LogP contribution >= 0.6 is 11.6 Å². The predicted octanol–water partition coefficient (Wildman–Crippen LogP) is 5.30. The average molecular weight is 400 g/mol. The molecule has 0 N–H and O–H groups in total. The van der Waals surface area contributed by atoms with Gasteiger partial charge in [0, 0.05) is 11.9 Å². The van der Waals surface area contributed by atoms with Gasteiger partial charge in [-0.05, 0) is 36.3 Å². The van der Waals surface area contributed by atoms with Crippen molar-refractivity contribution in [3.63, 3.8) is 0 Å². The van der Waals surface area contributed by atoms with Gasteiger partial charge in [-0.2, -0.15) is 5.10 Å². The molecule has 6 heteroatoms. The number of hydrogen-bond acceptors (Lipinski definition) is 2. The molecule has 2 heterocycles. The van der Waals surface area contributed by atoms with Crippen LogP contribution in [0, 0.1) is 6.92 Å². The Kier molecular flexibility index (Phi) is 5.63. The van der Waals surface area contributed by atoms with Crippen LogP contribution in [0.5, 0.6) is 0 Å². The number of benzene rings is 1. The normalized spacial score (nSPS) is 12.4. The molecule has 0 bridgehead atoms. The Morgan fingerprint density at radius 1 is 1.15 bits per heavy atom. The summed E-state index contributed by atoms with van der Waals surface area (Å²) in [6.07, 6.45) is 3.24. The van der Waals surface area contributed by atoms with Crippen molar-refractivity contribution in [1.82, 2.24) is 14.8 Å². The molecule has 0 fully saturated rings. The summed E-state index contributed by atoms with van der Waals surface area (Å²) in [5.41, 5.74) is 3.02. The second kappa shape index (κ2) is 7.78. The van der Waals surface area contributed by atoms with E-state index >= 15 is 0 Å². The van der Waals surface area contributed by atoms with E-state index < -0.39 is 8.07 Å². The topological polar surface area (TPSA) is 30.7 Å². The Hall–Kier alpha value is -2.24. The molecule has 0 saturated carbocycles. The van der Waals surface area contributed by atoms with Crippen LogP contribution in [0.1, 0.15) is 22.5 Å². The second-order valence-corrected chi connectivity index (χ2v) is 13.1. The van der Waals surface area contributed by atoms with Gasteiger partial charge in [-0.15, -0.1) is 0 Å². The molecule has 140 valence electrons. The highest BCUT2D eigenvalue weighted by Crippen LogP contribution is 2.20. The first-order valence-corrected chi connectivity index (χ1v) is 12.7. The van der Waals surface area contributed by atoms with E-state index in [0.717, 1.165) is 16.8 Å². The minimum Gasteiger partial charge on any atom is -0.265 e. The Bertz CT molecular complexity index is 955. The molecule has 1 aromatic carbocycles. The van der Waals surface area contributed by atoms with Crippen molar-refractivity contribution >= 4 is 36.8 Å². The van der Waals surface area contributed by atoms with Crippen LogP contribution in [0.3, 0.4) is 0 Å². The molecular formula is C21H23ClFN3Si. The van der Waals surface area contributed by atoms with Crippen molar-refractivity contribution in [2.24, 2.45) is 0 Å². The first kappa shape index (κ1) is 19.5. The largest absolute Gasteiger partial charge is 0.265 e. The summed E-state index contributed by atoms with van der Waals surface area (Å²) in [5, 5.41) is 6.21. The van der Waals surface area contributed by atoms with E-state index in [0.29, 0.717) is 17.4 Å². The zero-order valence-corrected chi connectivity index (χ0v) is 17.8. The standard InChI is InChI=1S/C21H23ClFN3Si/c1-15-11-20(25-26(15)14-17-7-10-21(22)24-13-17)19(23)12-16-5-8-18(9-6-16)27(2,3)4/h5-13H,14H2,1-4H3. The molecule has 27 heavy (non-hydrogen) atoms. The molecule has 0 aliphatic carbocycles. The van der Waals surface area contributed by atoms with E-state index in [2.05, 4.69) is 41.9 Å². The first-order chi connectivity index (χ1) is 12.7. The summed E-state index contributed by atoms with van der Waals surface area (Å²) in [5.74, 6) is -0.341. The minimum absolute atomic E-state index is 0.337. The van der Waals surface area contributed by atoms with E-state index in [4.69, 9.17) is 11.6 Å². The number of aromatic nitrogens is 3. The summed E-state index contributed by atoms with van der Waals surface area (Å²) in [4.78, 5) is 4.07. The maximum atomic E-state index is 14.7. The van der Waals surface area contributed by atoms with Crippen LogP contribution in [0.2, 0.25) is 24.8 Å². The van der Waals surface area contributed by atoms with Gasteiger partial charge in [-0.1, -0.05) is 66.8 Å². The van der Waals surface area contributed by atoms with E-state index in [1.165, 1.54) is 11.3 Å². The molecule has 0 saturated heterocycles. The highest BCUT2D eigenvalue weighted by Gasteiger charge is 2.15. The lowest BCUT2D eigenvalue weighted by atomic mass is 10.2. The summed E-state index contributed by atoms with van der Waals surface area (Å²) >= 11 is 5.81. The van der Waals surface area contributed by atoms with Gasteiger partial charge >= 0.3 is 0 Å². The number of aryl methyl sites for hydroxylation is 1. The molecule has 0 radical (unpaired) electrons. The van der Waals surface area contributed by atoms with Gasteiger partial charge in [-0.3, -0.25) is 4.68 Å².